The topological polar surface area (TPSA) is 54.2 Å². The fourth-order valence-corrected chi connectivity index (χ4v) is 2.95. The number of aliphatic imine (C=N–C) groups is 1. The van der Waals surface area contributed by atoms with E-state index in [0.29, 0.717) is 5.92 Å². The highest BCUT2D eigenvalue weighted by molar-refractivity contribution is 7.09. The molecule has 2 rings (SSSR count). The molecule has 1 atom stereocenters. The van der Waals surface area contributed by atoms with Crippen LogP contribution in [0.25, 0.3) is 0 Å². The number of thiophene rings is 1. The first kappa shape index (κ1) is 15.6. The van der Waals surface area contributed by atoms with E-state index in [1.807, 2.05) is 30.8 Å². The van der Waals surface area contributed by atoms with Crippen molar-refractivity contribution in [2.45, 2.75) is 19.9 Å². The second-order valence-electron chi connectivity index (χ2n) is 5.22. The zero-order valence-corrected chi connectivity index (χ0v) is 13.7. The molecule has 0 saturated carbocycles. The van der Waals surface area contributed by atoms with E-state index in [0.717, 1.165) is 31.0 Å². The van der Waals surface area contributed by atoms with Crippen molar-refractivity contribution >= 4 is 17.3 Å². The molecule has 0 aromatic carbocycles. The lowest BCUT2D eigenvalue weighted by molar-refractivity contribution is 0.562. The summed E-state index contributed by atoms with van der Waals surface area (Å²) in [6, 6.07) is 4.30. The summed E-state index contributed by atoms with van der Waals surface area (Å²) in [6.45, 7) is 3.89. The molecule has 0 bridgehead atoms. The molecule has 0 aliphatic rings. The fraction of sp³-hybridized carbons (Fsp3) is 0.467. The van der Waals surface area contributed by atoms with Crippen LogP contribution in [0.5, 0.6) is 0 Å². The standard InChI is InChI=1S/C15H23N5S/c1-12(7-14-5-4-6-21-14)8-17-15(16-2)18-9-13-10-19-20(3)11-13/h4-6,10-12H,7-9H2,1-3H3,(H2,16,17,18). The SMILES string of the molecule is CN=C(NCc1cnn(C)c1)NCC(C)Cc1cccs1. The van der Waals surface area contributed by atoms with Gasteiger partial charge < -0.3 is 10.6 Å². The van der Waals surface area contributed by atoms with Gasteiger partial charge in [-0.15, -0.1) is 11.3 Å². The molecule has 5 nitrogen and oxygen atoms in total. The van der Waals surface area contributed by atoms with Crippen molar-refractivity contribution in [2.24, 2.45) is 18.0 Å². The summed E-state index contributed by atoms with van der Waals surface area (Å²) in [7, 11) is 3.71. The van der Waals surface area contributed by atoms with Crippen molar-refractivity contribution in [1.29, 1.82) is 0 Å². The van der Waals surface area contributed by atoms with E-state index in [2.05, 4.69) is 45.2 Å². The van der Waals surface area contributed by atoms with Gasteiger partial charge in [0.2, 0.25) is 0 Å². The van der Waals surface area contributed by atoms with Gasteiger partial charge in [-0.3, -0.25) is 9.67 Å². The summed E-state index contributed by atoms with van der Waals surface area (Å²) in [5.41, 5.74) is 1.15. The highest BCUT2D eigenvalue weighted by Crippen LogP contribution is 2.13. The molecule has 1 unspecified atom stereocenters. The number of aromatic nitrogens is 2. The highest BCUT2D eigenvalue weighted by Gasteiger charge is 2.06. The van der Waals surface area contributed by atoms with Crippen LogP contribution in [0, 0.1) is 5.92 Å². The van der Waals surface area contributed by atoms with Gasteiger partial charge in [0.05, 0.1) is 6.20 Å². The van der Waals surface area contributed by atoms with Gasteiger partial charge >= 0.3 is 0 Å². The molecular weight excluding hydrogens is 282 g/mol. The molecule has 21 heavy (non-hydrogen) atoms. The molecule has 0 fully saturated rings. The Morgan fingerprint density at radius 1 is 1.48 bits per heavy atom. The molecule has 114 valence electrons. The van der Waals surface area contributed by atoms with Gasteiger partial charge in [-0.1, -0.05) is 13.0 Å². The van der Waals surface area contributed by atoms with Gasteiger partial charge in [-0.2, -0.15) is 5.10 Å². The number of rotatable bonds is 6. The molecule has 2 heterocycles. The van der Waals surface area contributed by atoms with Crippen LogP contribution in [0.15, 0.2) is 34.9 Å². The van der Waals surface area contributed by atoms with Crippen molar-refractivity contribution in [3.63, 3.8) is 0 Å². The summed E-state index contributed by atoms with van der Waals surface area (Å²) in [5, 5.41) is 13.0. The van der Waals surface area contributed by atoms with Crippen molar-refractivity contribution in [3.05, 3.63) is 40.3 Å². The highest BCUT2D eigenvalue weighted by atomic mass is 32.1. The van der Waals surface area contributed by atoms with Crippen LogP contribution in [0.4, 0.5) is 0 Å². The second-order valence-corrected chi connectivity index (χ2v) is 6.25. The van der Waals surface area contributed by atoms with Crippen LogP contribution >= 0.6 is 11.3 Å². The van der Waals surface area contributed by atoms with Gasteiger partial charge in [0, 0.05) is 43.8 Å². The quantitative estimate of drug-likeness (QED) is 0.634. The molecule has 2 N–H and O–H groups in total. The van der Waals surface area contributed by atoms with Crippen LogP contribution in [0.3, 0.4) is 0 Å². The molecule has 6 heteroatoms. The van der Waals surface area contributed by atoms with Crippen LogP contribution < -0.4 is 10.6 Å². The van der Waals surface area contributed by atoms with Gasteiger partial charge in [-0.25, -0.2) is 0 Å². The maximum atomic E-state index is 4.25. The van der Waals surface area contributed by atoms with Gasteiger partial charge in [0.1, 0.15) is 0 Å². The normalized spacial score (nSPS) is 13.2. The van der Waals surface area contributed by atoms with E-state index in [1.54, 1.807) is 11.7 Å². The lowest BCUT2D eigenvalue weighted by Crippen LogP contribution is -2.39. The molecule has 0 amide bonds. The van der Waals surface area contributed by atoms with E-state index in [1.165, 1.54) is 4.88 Å². The summed E-state index contributed by atoms with van der Waals surface area (Å²) < 4.78 is 1.80. The summed E-state index contributed by atoms with van der Waals surface area (Å²) in [6.07, 6.45) is 4.96. The third-order valence-corrected chi connectivity index (χ3v) is 4.09. The van der Waals surface area contributed by atoms with Gasteiger partial charge in [-0.05, 0) is 23.8 Å². The number of nitrogens with one attached hydrogen (secondary N) is 2. The van der Waals surface area contributed by atoms with E-state index < -0.39 is 0 Å². The van der Waals surface area contributed by atoms with Gasteiger partial charge in [0.25, 0.3) is 0 Å². The van der Waals surface area contributed by atoms with Crippen molar-refractivity contribution < 1.29 is 0 Å². The van der Waals surface area contributed by atoms with E-state index in [9.17, 15) is 0 Å². The van der Waals surface area contributed by atoms with E-state index in [4.69, 9.17) is 0 Å². The minimum Gasteiger partial charge on any atom is -0.356 e. The van der Waals surface area contributed by atoms with Crippen LogP contribution in [-0.2, 0) is 20.0 Å². The monoisotopic (exact) mass is 305 g/mol. The molecule has 0 spiro atoms. The maximum Gasteiger partial charge on any atom is 0.191 e. The van der Waals surface area contributed by atoms with E-state index >= 15 is 0 Å². The first-order chi connectivity index (χ1) is 10.2. The molecule has 2 aromatic rings. The Kier molecular flexibility index (Phi) is 5.80. The molecule has 0 radical (unpaired) electrons. The largest absolute Gasteiger partial charge is 0.356 e. The molecule has 0 aliphatic heterocycles. The van der Waals surface area contributed by atoms with Gasteiger partial charge in [0.15, 0.2) is 5.96 Å². The first-order valence-corrected chi connectivity index (χ1v) is 7.99. The summed E-state index contributed by atoms with van der Waals surface area (Å²) in [5.74, 6) is 1.40. The van der Waals surface area contributed by atoms with Crippen molar-refractivity contribution in [3.8, 4) is 0 Å². The van der Waals surface area contributed by atoms with Crippen LogP contribution in [0.2, 0.25) is 0 Å². The maximum absolute atomic E-state index is 4.25. The predicted octanol–water partition coefficient (Wildman–Crippen LogP) is 2.03. The number of hydrogen-bond donors (Lipinski definition) is 2. The fourth-order valence-electron chi connectivity index (χ4n) is 2.08. The van der Waals surface area contributed by atoms with Crippen LogP contribution in [0.1, 0.15) is 17.4 Å². The Labute approximate surface area is 130 Å². The minimum atomic E-state index is 0.570. The third kappa shape index (κ3) is 5.23. The Morgan fingerprint density at radius 3 is 2.95 bits per heavy atom. The average Bonchev–Trinajstić information content (AvgIpc) is 3.11. The van der Waals surface area contributed by atoms with Crippen LogP contribution in [-0.4, -0.2) is 29.3 Å². The molecule has 0 saturated heterocycles. The molecule has 2 aromatic heterocycles. The smallest absolute Gasteiger partial charge is 0.191 e. The summed E-state index contributed by atoms with van der Waals surface area (Å²) >= 11 is 1.82. The Balaban J connectivity index is 1.72. The third-order valence-electron chi connectivity index (χ3n) is 3.19. The molecule has 0 aliphatic carbocycles. The number of guanidine groups is 1. The number of aryl methyl sites for hydroxylation is 1. The number of nitrogens with zero attached hydrogens (tertiary/aromatic N) is 3. The Bertz CT molecular complexity index is 558. The number of hydrogen-bond acceptors (Lipinski definition) is 3. The minimum absolute atomic E-state index is 0.570. The lowest BCUT2D eigenvalue weighted by atomic mass is 10.1. The Hall–Kier alpha value is -1.82. The second kappa shape index (κ2) is 7.83. The zero-order valence-electron chi connectivity index (χ0n) is 12.8. The van der Waals surface area contributed by atoms with E-state index in [-0.39, 0.29) is 0 Å². The average molecular weight is 305 g/mol. The summed E-state index contributed by atoms with van der Waals surface area (Å²) in [4.78, 5) is 5.68. The zero-order chi connectivity index (χ0) is 15.1. The lowest BCUT2D eigenvalue weighted by Gasteiger charge is -2.15. The molecular formula is C15H23N5S. The predicted molar refractivity (Wildman–Crippen MR) is 88.6 cm³/mol. The first-order valence-electron chi connectivity index (χ1n) is 7.12. The van der Waals surface area contributed by atoms with Crippen molar-refractivity contribution in [2.75, 3.05) is 13.6 Å². The van der Waals surface area contributed by atoms with Crippen molar-refractivity contribution in [1.82, 2.24) is 20.4 Å². The Morgan fingerprint density at radius 2 is 2.33 bits per heavy atom.